The molecule has 1 rings (SSSR count). The van der Waals surface area contributed by atoms with Crippen molar-refractivity contribution >= 4 is 12.2 Å². The molecule has 0 radical (unpaired) electrons. The zero-order valence-electron chi connectivity index (χ0n) is 11.5. The van der Waals surface area contributed by atoms with Gasteiger partial charge >= 0.3 is 5.97 Å². The van der Waals surface area contributed by atoms with Gasteiger partial charge in [-0.25, -0.2) is 4.79 Å². The normalized spacial score (nSPS) is 13.8. The van der Waals surface area contributed by atoms with Gasteiger partial charge in [-0.05, 0) is 29.0 Å². The van der Waals surface area contributed by atoms with Crippen molar-refractivity contribution in [3.8, 4) is 0 Å². The number of nitrogens with zero attached hydrogens (tertiary/aromatic N) is 1. The number of hydrogen-bond donors (Lipinski definition) is 1. The highest BCUT2D eigenvalue weighted by molar-refractivity contribution is 5.83. The van der Waals surface area contributed by atoms with Crippen LogP contribution in [0.4, 0.5) is 0 Å². The number of carbonyl (C=O) groups is 1. The molecule has 0 saturated carbocycles. The fourth-order valence-corrected chi connectivity index (χ4v) is 1.61. The van der Waals surface area contributed by atoms with E-state index in [1.54, 1.807) is 6.21 Å². The molecule has 1 aromatic carbocycles. The summed E-state index contributed by atoms with van der Waals surface area (Å²) in [5.41, 5.74) is 2.25. The van der Waals surface area contributed by atoms with Crippen LogP contribution in [0.2, 0.25) is 0 Å². The van der Waals surface area contributed by atoms with Gasteiger partial charge in [-0.15, -0.1) is 0 Å². The van der Waals surface area contributed by atoms with Crippen molar-refractivity contribution in [2.75, 3.05) is 0 Å². The van der Waals surface area contributed by atoms with E-state index in [1.807, 2.05) is 19.1 Å². The van der Waals surface area contributed by atoms with E-state index in [-0.39, 0.29) is 5.41 Å². The van der Waals surface area contributed by atoms with Crippen LogP contribution in [-0.2, 0) is 10.2 Å². The van der Waals surface area contributed by atoms with E-state index in [1.165, 1.54) is 5.56 Å². The average Bonchev–Trinajstić information content (AvgIpc) is 2.28. The van der Waals surface area contributed by atoms with Crippen LogP contribution in [0.15, 0.2) is 29.3 Å². The molecule has 0 aliphatic carbocycles. The molecule has 1 atom stereocenters. The van der Waals surface area contributed by atoms with Crippen LogP contribution >= 0.6 is 0 Å². The smallest absolute Gasteiger partial charge is 0.328 e. The molecule has 3 nitrogen and oxygen atoms in total. The fourth-order valence-electron chi connectivity index (χ4n) is 1.61. The van der Waals surface area contributed by atoms with Crippen molar-refractivity contribution in [2.24, 2.45) is 4.99 Å². The van der Waals surface area contributed by atoms with Gasteiger partial charge in [0.2, 0.25) is 0 Å². The summed E-state index contributed by atoms with van der Waals surface area (Å²) in [4.78, 5) is 15.0. The summed E-state index contributed by atoms with van der Waals surface area (Å²) in [5, 5.41) is 8.92. The predicted molar refractivity (Wildman–Crippen MR) is 74.5 cm³/mol. The zero-order chi connectivity index (χ0) is 13.8. The molecule has 0 amide bonds. The first-order valence-electron chi connectivity index (χ1n) is 6.21. The Bertz CT molecular complexity index is 444. The summed E-state index contributed by atoms with van der Waals surface area (Å²) in [7, 11) is 0. The third kappa shape index (κ3) is 3.99. The summed E-state index contributed by atoms with van der Waals surface area (Å²) in [6.07, 6.45) is 2.16. The lowest BCUT2D eigenvalue weighted by Crippen LogP contribution is -2.16. The van der Waals surface area contributed by atoms with E-state index >= 15 is 0 Å². The van der Waals surface area contributed by atoms with Crippen molar-refractivity contribution in [3.63, 3.8) is 0 Å². The highest BCUT2D eigenvalue weighted by Gasteiger charge is 2.14. The number of rotatable bonds is 4. The monoisotopic (exact) mass is 247 g/mol. The first-order valence-corrected chi connectivity index (χ1v) is 6.21. The van der Waals surface area contributed by atoms with E-state index < -0.39 is 12.0 Å². The van der Waals surface area contributed by atoms with E-state index in [9.17, 15) is 4.79 Å². The minimum absolute atomic E-state index is 0.0841. The highest BCUT2D eigenvalue weighted by Crippen LogP contribution is 2.22. The molecule has 0 aromatic heterocycles. The maximum Gasteiger partial charge on any atom is 0.328 e. The van der Waals surface area contributed by atoms with Crippen molar-refractivity contribution < 1.29 is 9.90 Å². The van der Waals surface area contributed by atoms with Gasteiger partial charge in [-0.2, -0.15) is 0 Å². The Labute approximate surface area is 109 Å². The summed E-state index contributed by atoms with van der Waals surface area (Å²) in [6.45, 7) is 8.27. The van der Waals surface area contributed by atoms with Crippen LogP contribution in [0.5, 0.6) is 0 Å². The number of hydrogen-bond acceptors (Lipinski definition) is 2. The second kappa shape index (κ2) is 5.80. The number of aliphatic carboxylic acids is 1. The minimum atomic E-state index is -0.874. The molecule has 1 N–H and O–H groups in total. The SMILES string of the molecule is CCC(N=Cc1cccc(C(C)(C)C)c1)C(=O)O. The molecule has 98 valence electrons. The largest absolute Gasteiger partial charge is 0.480 e. The molecular weight excluding hydrogens is 226 g/mol. The Morgan fingerprint density at radius 2 is 2.11 bits per heavy atom. The molecule has 0 saturated heterocycles. The molecule has 1 aromatic rings. The van der Waals surface area contributed by atoms with Crippen LogP contribution in [0.25, 0.3) is 0 Å². The van der Waals surface area contributed by atoms with Gasteiger partial charge in [0.25, 0.3) is 0 Å². The van der Waals surface area contributed by atoms with E-state index in [0.717, 1.165) is 5.56 Å². The third-order valence-electron chi connectivity index (χ3n) is 2.83. The molecule has 0 heterocycles. The van der Waals surface area contributed by atoms with Crippen LogP contribution in [-0.4, -0.2) is 23.3 Å². The number of benzene rings is 1. The molecule has 0 bridgehead atoms. The van der Waals surface area contributed by atoms with Gasteiger partial charge in [-0.3, -0.25) is 4.99 Å². The van der Waals surface area contributed by atoms with E-state index in [0.29, 0.717) is 6.42 Å². The molecular formula is C15H21NO2. The van der Waals surface area contributed by atoms with Crippen LogP contribution in [0.1, 0.15) is 45.2 Å². The van der Waals surface area contributed by atoms with Gasteiger partial charge in [0, 0.05) is 6.21 Å². The van der Waals surface area contributed by atoms with Gasteiger partial charge in [0.15, 0.2) is 0 Å². The lowest BCUT2D eigenvalue weighted by atomic mass is 9.86. The van der Waals surface area contributed by atoms with Crippen molar-refractivity contribution in [2.45, 2.75) is 45.6 Å². The van der Waals surface area contributed by atoms with E-state index in [4.69, 9.17) is 5.11 Å². The van der Waals surface area contributed by atoms with Gasteiger partial charge in [-0.1, -0.05) is 45.9 Å². The Hall–Kier alpha value is -1.64. The molecule has 0 aliphatic heterocycles. The van der Waals surface area contributed by atoms with Crippen molar-refractivity contribution in [1.29, 1.82) is 0 Å². The maximum atomic E-state index is 10.9. The van der Waals surface area contributed by atoms with Gasteiger partial charge in [0.05, 0.1) is 0 Å². The quantitative estimate of drug-likeness (QED) is 0.830. The van der Waals surface area contributed by atoms with Gasteiger partial charge < -0.3 is 5.11 Å². The standard InChI is InChI=1S/C15H21NO2/c1-5-13(14(17)18)16-10-11-7-6-8-12(9-11)15(2,3)4/h6-10,13H,5H2,1-4H3,(H,17,18). The lowest BCUT2D eigenvalue weighted by Gasteiger charge is -2.19. The Morgan fingerprint density at radius 1 is 1.44 bits per heavy atom. The topological polar surface area (TPSA) is 49.7 Å². The first kappa shape index (κ1) is 14.4. The van der Waals surface area contributed by atoms with Crippen LogP contribution in [0, 0.1) is 0 Å². The highest BCUT2D eigenvalue weighted by atomic mass is 16.4. The number of carboxylic acids is 1. The number of aliphatic imine (C=N–C) groups is 1. The lowest BCUT2D eigenvalue weighted by molar-refractivity contribution is -0.138. The summed E-state index contributed by atoms with van der Waals surface area (Å²) >= 11 is 0. The summed E-state index contributed by atoms with van der Waals surface area (Å²) in [6, 6.07) is 7.39. The molecule has 18 heavy (non-hydrogen) atoms. The molecule has 0 fully saturated rings. The van der Waals surface area contributed by atoms with Crippen molar-refractivity contribution in [3.05, 3.63) is 35.4 Å². The number of carboxylic acid groups (broad SMARTS) is 1. The minimum Gasteiger partial charge on any atom is -0.480 e. The molecule has 1 unspecified atom stereocenters. The molecule has 3 heteroatoms. The van der Waals surface area contributed by atoms with Crippen molar-refractivity contribution in [1.82, 2.24) is 0 Å². The van der Waals surface area contributed by atoms with Crippen LogP contribution in [0.3, 0.4) is 0 Å². The second-order valence-electron chi connectivity index (χ2n) is 5.42. The van der Waals surface area contributed by atoms with Gasteiger partial charge in [0.1, 0.15) is 6.04 Å². The maximum absolute atomic E-state index is 10.9. The predicted octanol–water partition coefficient (Wildman–Crippen LogP) is 3.27. The Balaban J connectivity index is 2.92. The molecule has 0 aliphatic rings. The Kier molecular flexibility index (Phi) is 4.65. The summed E-state index contributed by atoms with van der Waals surface area (Å²) in [5.74, 6) is -0.874. The fraction of sp³-hybridized carbons (Fsp3) is 0.467. The average molecular weight is 247 g/mol. The zero-order valence-corrected chi connectivity index (χ0v) is 11.5. The van der Waals surface area contributed by atoms with E-state index in [2.05, 4.69) is 37.9 Å². The Morgan fingerprint density at radius 3 is 2.61 bits per heavy atom. The van der Waals surface area contributed by atoms with Crippen LogP contribution < -0.4 is 0 Å². The summed E-state index contributed by atoms with van der Waals surface area (Å²) < 4.78 is 0. The molecule has 0 spiro atoms. The second-order valence-corrected chi connectivity index (χ2v) is 5.42. The third-order valence-corrected chi connectivity index (χ3v) is 2.83. The first-order chi connectivity index (χ1) is 8.34.